The van der Waals surface area contributed by atoms with Gasteiger partial charge in [0.25, 0.3) is 0 Å². The average Bonchev–Trinajstić information content (AvgIpc) is 2.47. The summed E-state index contributed by atoms with van der Waals surface area (Å²) in [5.74, 6) is 0. The smallest absolute Gasteiger partial charge is 0.200 e. The first-order chi connectivity index (χ1) is 9.22. The number of benzene rings is 2. The van der Waals surface area contributed by atoms with Gasteiger partial charge in [0.15, 0.2) is 0 Å². The third-order valence-corrected chi connectivity index (χ3v) is 2.93. The van der Waals surface area contributed by atoms with Gasteiger partial charge in [-0.25, -0.2) is 0 Å². The summed E-state index contributed by atoms with van der Waals surface area (Å²) in [5, 5.41) is 18.4. The van der Waals surface area contributed by atoms with Crippen LogP contribution < -0.4 is 5.43 Å². The molecule has 1 aromatic heterocycles. The van der Waals surface area contributed by atoms with Crippen molar-refractivity contribution in [1.82, 2.24) is 0 Å². The molecule has 0 spiro atoms. The quantitative estimate of drug-likeness (QED) is 0.571. The summed E-state index contributed by atoms with van der Waals surface area (Å²) in [6.07, 6.45) is 0. The molecule has 0 amide bonds. The number of hydrogen-bond donors (Lipinski definition) is 0. The number of fused-ring (bicyclic) bond motifs is 2. The van der Waals surface area contributed by atoms with Crippen molar-refractivity contribution < 1.29 is 4.42 Å². The third-order valence-electron chi connectivity index (χ3n) is 2.93. The first-order valence-corrected chi connectivity index (χ1v) is 5.54. The van der Waals surface area contributed by atoms with Gasteiger partial charge in [0, 0.05) is 0 Å². The highest BCUT2D eigenvalue weighted by atomic mass is 16.3. The Bertz CT molecular complexity index is 881. The molecule has 0 aliphatic carbocycles. The van der Waals surface area contributed by atoms with Gasteiger partial charge in [-0.3, -0.25) is 4.79 Å². The van der Waals surface area contributed by atoms with Crippen molar-refractivity contribution in [1.29, 1.82) is 10.5 Å². The Labute approximate surface area is 107 Å². The molecular weight excluding hydrogens is 240 g/mol. The second-order valence-electron chi connectivity index (χ2n) is 4.08. The molecule has 0 aliphatic heterocycles. The maximum Gasteiger partial charge on any atom is 0.200 e. The Morgan fingerprint density at radius 2 is 1.32 bits per heavy atom. The highest BCUT2D eigenvalue weighted by molar-refractivity contribution is 5.90. The van der Waals surface area contributed by atoms with Crippen LogP contribution in [-0.4, -0.2) is 0 Å². The number of nitriles is 2. The monoisotopic (exact) mass is 246 g/mol. The van der Waals surface area contributed by atoms with Crippen molar-refractivity contribution in [2.24, 2.45) is 0 Å². The molecule has 0 radical (unpaired) electrons. The van der Waals surface area contributed by atoms with Crippen LogP contribution in [0.3, 0.4) is 0 Å². The Morgan fingerprint density at radius 3 is 1.74 bits per heavy atom. The van der Waals surface area contributed by atoms with E-state index in [1.807, 2.05) is 12.1 Å². The summed E-state index contributed by atoms with van der Waals surface area (Å²) in [7, 11) is 0. The molecule has 0 atom stereocenters. The van der Waals surface area contributed by atoms with Crippen molar-refractivity contribution >= 4 is 21.9 Å². The summed E-state index contributed by atoms with van der Waals surface area (Å²) < 4.78 is 5.61. The molecule has 0 N–H and O–H groups in total. The maximum atomic E-state index is 12.3. The van der Waals surface area contributed by atoms with Crippen molar-refractivity contribution in [3.05, 3.63) is 57.7 Å². The van der Waals surface area contributed by atoms with E-state index in [0.29, 0.717) is 33.1 Å². The van der Waals surface area contributed by atoms with Gasteiger partial charge in [-0.2, -0.15) is 10.5 Å². The molecule has 0 saturated carbocycles. The van der Waals surface area contributed by atoms with Gasteiger partial charge in [-0.15, -0.1) is 0 Å². The van der Waals surface area contributed by atoms with Gasteiger partial charge >= 0.3 is 0 Å². The topological polar surface area (TPSA) is 77.8 Å². The molecule has 19 heavy (non-hydrogen) atoms. The average molecular weight is 246 g/mol. The highest BCUT2D eigenvalue weighted by Gasteiger charge is 2.09. The summed E-state index contributed by atoms with van der Waals surface area (Å²) in [6, 6.07) is 13.4. The maximum absolute atomic E-state index is 12.3. The first kappa shape index (κ1) is 11.0. The van der Waals surface area contributed by atoms with Crippen LogP contribution >= 0.6 is 0 Å². The second kappa shape index (κ2) is 3.97. The zero-order valence-electron chi connectivity index (χ0n) is 9.68. The van der Waals surface area contributed by atoms with Crippen LogP contribution in [0.2, 0.25) is 0 Å². The molecule has 4 nitrogen and oxygen atoms in total. The van der Waals surface area contributed by atoms with Crippen molar-refractivity contribution in [2.75, 3.05) is 0 Å². The minimum absolute atomic E-state index is 0.231. The van der Waals surface area contributed by atoms with E-state index in [4.69, 9.17) is 14.9 Å². The van der Waals surface area contributed by atoms with Gasteiger partial charge in [0.05, 0.1) is 34.0 Å². The van der Waals surface area contributed by atoms with Crippen molar-refractivity contribution in [3.8, 4) is 12.1 Å². The molecule has 3 rings (SSSR count). The van der Waals surface area contributed by atoms with Crippen LogP contribution in [0.15, 0.2) is 45.6 Å². The summed E-state index contributed by atoms with van der Waals surface area (Å²) in [4.78, 5) is 12.3. The van der Waals surface area contributed by atoms with Gasteiger partial charge in [0.1, 0.15) is 11.2 Å². The normalized spacial score (nSPS) is 10.2. The summed E-state index contributed by atoms with van der Waals surface area (Å²) >= 11 is 0. The second-order valence-corrected chi connectivity index (χ2v) is 4.08. The largest absolute Gasteiger partial charge is 0.456 e. The molecule has 4 heteroatoms. The molecule has 0 aliphatic rings. The number of hydrogen-bond acceptors (Lipinski definition) is 4. The molecule has 0 unspecified atom stereocenters. The lowest BCUT2D eigenvalue weighted by Crippen LogP contribution is -2.02. The molecule has 0 saturated heterocycles. The van der Waals surface area contributed by atoms with E-state index >= 15 is 0 Å². The van der Waals surface area contributed by atoms with E-state index in [1.165, 1.54) is 12.1 Å². The van der Waals surface area contributed by atoms with Crippen molar-refractivity contribution in [3.63, 3.8) is 0 Å². The molecule has 1 heterocycles. The highest BCUT2D eigenvalue weighted by Crippen LogP contribution is 2.20. The van der Waals surface area contributed by atoms with Gasteiger partial charge < -0.3 is 4.42 Å². The van der Waals surface area contributed by atoms with Crippen LogP contribution in [0, 0.1) is 22.7 Å². The summed E-state index contributed by atoms with van der Waals surface area (Å²) in [5.41, 5.74) is 1.43. The van der Waals surface area contributed by atoms with Crippen LogP contribution in [-0.2, 0) is 0 Å². The molecule has 0 bridgehead atoms. The van der Waals surface area contributed by atoms with E-state index in [-0.39, 0.29) is 5.43 Å². The minimum atomic E-state index is -0.231. The first-order valence-electron chi connectivity index (χ1n) is 5.54. The third kappa shape index (κ3) is 1.64. The van der Waals surface area contributed by atoms with Gasteiger partial charge in [-0.1, -0.05) is 0 Å². The van der Waals surface area contributed by atoms with Crippen molar-refractivity contribution in [2.45, 2.75) is 0 Å². The van der Waals surface area contributed by atoms with E-state index < -0.39 is 0 Å². The zero-order valence-corrected chi connectivity index (χ0v) is 9.68. The fourth-order valence-electron chi connectivity index (χ4n) is 2.00. The van der Waals surface area contributed by atoms with E-state index in [9.17, 15) is 4.79 Å². The Morgan fingerprint density at radius 1 is 0.842 bits per heavy atom. The fourth-order valence-corrected chi connectivity index (χ4v) is 2.00. The van der Waals surface area contributed by atoms with Crippen LogP contribution in [0.25, 0.3) is 21.9 Å². The van der Waals surface area contributed by atoms with Crippen LogP contribution in [0.1, 0.15) is 11.1 Å². The molecular formula is C15H6N2O2. The number of rotatable bonds is 0. The minimum Gasteiger partial charge on any atom is -0.456 e. The predicted molar refractivity (Wildman–Crippen MR) is 69.4 cm³/mol. The van der Waals surface area contributed by atoms with Gasteiger partial charge in [-0.05, 0) is 36.4 Å². The van der Waals surface area contributed by atoms with Gasteiger partial charge in [0.2, 0.25) is 5.43 Å². The SMILES string of the molecule is N#Cc1ccc2oc3ccc(C#N)cc3c(=O)c2c1. The Hall–Kier alpha value is -3.11. The van der Waals surface area contributed by atoms with Crippen LogP contribution in [0.5, 0.6) is 0 Å². The molecule has 0 fully saturated rings. The molecule has 88 valence electrons. The number of nitrogens with zero attached hydrogens (tertiary/aromatic N) is 2. The van der Waals surface area contributed by atoms with E-state index in [1.54, 1.807) is 24.3 Å². The van der Waals surface area contributed by atoms with Crippen LogP contribution in [0.4, 0.5) is 0 Å². The standard InChI is InChI=1S/C15H6N2O2/c16-7-9-1-3-13-11(5-9)15(18)12-6-10(8-17)2-4-14(12)19-13/h1-6H. The lowest BCUT2D eigenvalue weighted by molar-refractivity contribution is 0.660. The van der Waals surface area contributed by atoms with E-state index in [0.717, 1.165) is 0 Å². The summed E-state index contributed by atoms with van der Waals surface area (Å²) in [6.45, 7) is 0. The zero-order chi connectivity index (χ0) is 13.4. The Kier molecular flexibility index (Phi) is 2.30. The fraction of sp³-hybridized carbons (Fsp3) is 0. The molecule has 3 aromatic rings. The lowest BCUT2D eigenvalue weighted by atomic mass is 10.1. The lowest BCUT2D eigenvalue weighted by Gasteiger charge is -2.01. The van der Waals surface area contributed by atoms with E-state index in [2.05, 4.69) is 0 Å². The molecule has 2 aromatic carbocycles. The Balaban J connectivity index is 2.51. The predicted octanol–water partition coefficient (Wildman–Crippen LogP) is 2.69.